The Morgan fingerprint density at radius 2 is 1.80 bits per heavy atom. The molecule has 3 saturated heterocycles. The van der Waals surface area contributed by atoms with E-state index in [1.54, 1.807) is 21.7 Å². The van der Waals surface area contributed by atoms with Crippen LogP contribution < -0.4 is 35.9 Å². The van der Waals surface area contributed by atoms with Crippen LogP contribution in [-0.2, 0) is 31.1 Å². The van der Waals surface area contributed by atoms with Crippen molar-refractivity contribution in [2.45, 2.75) is 114 Å². The number of anilines is 3. The van der Waals surface area contributed by atoms with Gasteiger partial charge in [0.05, 0.1) is 37.1 Å². The largest absolute Gasteiger partial charge is 0.492 e. The predicted octanol–water partition coefficient (Wildman–Crippen LogP) is 4.99. The average molecular weight is 922 g/mol. The zero-order valence-corrected chi connectivity index (χ0v) is 38.3. The number of piperidine rings is 3. The number of carbonyl (C=O) groups is 4. The summed E-state index contributed by atoms with van der Waals surface area (Å²) >= 11 is 6.63. The van der Waals surface area contributed by atoms with Gasteiger partial charge in [-0.1, -0.05) is 17.7 Å². The molecule has 0 bridgehead atoms. The van der Waals surface area contributed by atoms with Gasteiger partial charge in [0.2, 0.25) is 17.8 Å². The number of hydrogen-bond acceptors (Lipinski definition) is 13. The maximum Gasteiger partial charge on any atom is 0.293 e. The van der Waals surface area contributed by atoms with Crippen molar-refractivity contribution in [3.63, 3.8) is 0 Å². The first-order chi connectivity index (χ1) is 31.9. The third-order valence-electron chi connectivity index (χ3n) is 14.6. The molecule has 17 nitrogen and oxygen atoms in total. The molecule has 4 aromatic rings. The predicted molar refractivity (Wildman–Crippen MR) is 247 cm³/mol. The van der Waals surface area contributed by atoms with Crippen LogP contribution in [0.4, 0.5) is 17.5 Å². The highest BCUT2D eigenvalue weighted by atomic mass is 35.5. The van der Waals surface area contributed by atoms with Gasteiger partial charge in [-0.15, -0.1) is 0 Å². The molecule has 1 unspecified atom stereocenters. The molecule has 1 saturated carbocycles. The number of imide groups is 1. The summed E-state index contributed by atoms with van der Waals surface area (Å²) < 4.78 is 20.5. The van der Waals surface area contributed by atoms with Crippen LogP contribution >= 0.6 is 11.6 Å². The summed E-state index contributed by atoms with van der Waals surface area (Å²) in [4.78, 5) is 78.8. The van der Waals surface area contributed by atoms with E-state index in [1.807, 2.05) is 38.1 Å². The lowest BCUT2D eigenvalue weighted by Gasteiger charge is -2.41. The first-order valence-corrected chi connectivity index (χ1v) is 23.7. The highest BCUT2D eigenvalue weighted by Crippen LogP contribution is 2.50. The highest BCUT2D eigenvalue weighted by Gasteiger charge is 2.48. The number of pyridine rings is 1. The van der Waals surface area contributed by atoms with Gasteiger partial charge < -0.3 is 44.1 Å². The third-order valence-corrected chi connectivity index (χ3v) is 14.9. The summed E-state index contributed by atoms with van der Waals surface area (Å²) in [5, 5.41) is 9.38. The summed E-state index contributed by atoms with van der Waals surface area (Å²) in [5.74, 6) is 0.764. The standard InChI is InChI=1S/C48H56ClN9O8/c1-27(2)58-37-9-4-29(20-28(37)21-39(46(58)63)64-25-41(60)50-3)52-43-36(49)23-51-47(54-43)56-16-12-31(13-17-56)66-32-6-5-30(22-32)55-18-14-48(15-19-55)26-65-42-34-24-57(38-10-11-40(59)53-44(38)61)45(62)33(34)7-8-35(42)48/h4,7-9,20-21,23,27,30-32,38H,5-6,10-19,22,24-26H2,1-3H3,(H,50,60)(H,51,52,54)(H,53,59,61)/t30-,32+,38?/m0/s1. The van der Waals surface area contributed by atoms with Crippen LogP contribution in [0.3, 0.4) is 0 Å². The van der Waals surface area contributed by atoms with E-state index >= 15 is 0 Å². The summed E-state index contributed by atoms with van der Waals surface area (Å²) in [7, 11) is 1.52. The second-order valence-corrected chi connectivity index (χ2v) is 19.3. The topological polar surface area (TPSA) is 190 Å². The van der Waals surface area contributed by atoms with Crippen LogP contribution in [0.25, 0.3) is 10.9 Å². The lowest BCUT2D eigenvalue weighted by atomic mass is 9.73. The van der Waals surface area contributed by atoms with E-state index in [2.05, 4.69) is 36.8 Å². The molecule has 1 spiro atoms. The van der Waals surface area contributed by atoms with E-state index < -0.39 is 11.9 Å². The summed E-state index contributed by atoms with van der Waals surface area (Å²) in [6, 6.07) is 11.0. The van der Waals surface area contributed by atoms with E-state index in [0.29, 0.717) is 53.7 Å². The fourth-order valence-electron chi connectivity index (χ4n) is 11.0. The molecule has 1 aliphatic carbocycles. The number of halogens is 1. The van der Waals surface area contributed by atoms with Crippen molar-refractivity contribution in [3.05, 3.63) is 74.7 Å². The van der Waals surface area contributed by atoms with E-state index in [0.717, 1.165) is 93.3 Å². The number of nitrogens with zero attached hydrogens (tertiary/aromatic N) is 6. The highest BCUT2D eigenvalue weighted by molar-refractivity contribution is 6.33. The summed E-state index contributed by atoms with van der Waals surface area (Å²) in [5.41, 5.74) is 3.70. The van der Waals surface area contributed by atoms with Gasteiger partial charge in [0.25, 0.3) is 17.4 Å². The lowest BCUT2D eigenvalue weighted by Crippen LogP contribution is -2.52. The van der Waals surface area contributed by atoms with Gasteiger partial charge in [-0.3, -0.25) is 29.3 Å². The van der Waals surface area contributed by atoms with Gasteiger partial charge in [-0.25, -0.2) is 4.98 Å². The van der Waals surface area contributed by atoms with Crippen LogP contribution in [0.1, 0.15) is 99.2 Å². The van der Waals surface area contributed by atoms with Crippen LogP contribution in [0.2, 0.25) is 5.02 Å². The molecule has 7 heterocycles. The minimum atomic E-state index is -0.647. The number of aromatic nitrogens is 3. The monoisotopic (exact) mass is 921 g/mol. The molecular weight excluding hydrogens is 866 g/mol. The first-order valence-electron chi connectivity index (χ1n) is 23.3. The molecule has 66 heavy (non-hydrogen) atoms. The molecule has 2 aromatic carbocycles. The first kappa shape index (κ1) is 44.1. The van der Waals surface area contributed by atoms with Crippen LogP contribution in [0.5, 0.6) is 11.5 Å². The number of nitrogens with one attached hydrogen (secondary N) is 3. The van der Waals surface area contributed by atoms with Crippen molar-refractivity contribution in [1.82, 2.24) is 35.0 Å². The number of likely N-dealkylation sites (N-methyl/N-ethyl adjacent to an activating group) is 1. The Bertz CT molecular complexity index is 2660. The SMILES string of the molecule is CNC(=O)COc1cc2cc(Nc3nc(N4CCC(O[C@@H]5CC[C@H](N6CCC7(CC6)COc6c7ccc7c6CN(C6CCC(=O)NC6=O)C7=O)C5)CC4)ncc3Cl)ccc2n(C(C)C)c1=O. The van der Waals surface area contributed by atoms with Gasteiger partial charge >= 0.3 is 0 Å². The van der Waals surface area contributed by atoms with Crippen LogP contribution in [-0.4, -0.2) is 119 Å². The molecule has 4 fully saturated rings. The molecule has 18 heteroatoms. The Morgan fingerprint density at radius 3 is 2.56 bits per heavy atom. The number of benzene rings is 2. The second kappa shape index (κ2) is 17.8. The van der Waals surface area contributed by atoms with Crippen molar-refractivity contribution in [1.29, 1.82) is 0 Å². The minimum Gasteiger partial charge on any atom is -0.492 e. The quantitative estimate of drug-likeness (QED) is 0.171. The second-order valence-electron chi connectivity index (χ2n) is 18.9. The number of carbonyl (C=O) groups excluding carboxylic acids is 4. The summed E-state index contributed by atoms with van der Waals surface area (Å²) in [6.45, 7) is 7.98. The van der Waals surface area contributed by atoms with Crippen molar-refractivity contribution in [3.8, 4) is 11.5 Å². The van der Waals surface area contributed by atoms with E-state index in [1.165, 1.54) is 12.6 Å². The fourth-order valence-corrected chi connectivity index (χ4v) is 11.2. The lowest BCUT2D eigenvalue weighted by molar-refractivity contribution is -0.137. The van der Waals surface area contributed by atoms with E-state index in [-0.39, 0.29) is 65.7 Å². The van der Waals surface area contributed by atoms with Crippen molar-refractivity contribution in [2.75, 3.05) is 56.7 Å². The molecule has 0 radical (unpaired) electrons. The smallest absolute Gasteiger partial charge is 0.293 e. The zero-order chi connectivity index (χ0) is 45.9. The van der Waals surface area contributed by atoms with Gasteiger partial charge in [-0.05, 0) is 109 Å². The number of rotatable bonds is 11. The van der Waals surface area contributed by atoms with E-state index in [4.69, 9.17) is 30.8 Å². The number of ether oxygens (including phenoxy) is 3. The molecular formula is C48H56ClN9O8. The molecule has 2 aromatic heterocycles. The number of fused-ring (bicyclic) bond motifs is 5. The summed E-state index contributed by atoms with van der Waals surface area (Å²) in [6.07, 6.45) is 9.46. The maximum atomic E-state index is 13.4. The van der Waals surface area contributed by atoms with Gasteiger partial charge in [-0.2, -0.15) is 4.98 Å². The zero-order valence-electron chi connectivity index (χ0n) is 37.6. The molecule has 4 amide bonds. The average Bonchev–Trinajstić information content (AvgIpc) is 4.02. The Hall–Kier alpha value is -5.78. The molecule has 348 valence electrons. The van der Waals surface area contributed by atoms with E-state index in [9.17, 15) is 24.0 Å². The van der Waals surface area contributed by atoms with Gasteiger partial charge in [0.15, 0.2) is 18.2 Å². The van der Waals surface area contributed by atoms with Crippen molar-refractivity contribution in [2.24, 2.45) is 0 Å². The van der Waals surface area contributed by atoms with Crippen molar-refractivity contribution >= 4 is 63.6 Å². The molecule has 5 aliphatic heterocycles. The molecule has 10 rings (SSSR count). The fraction of sp³-hybridized carbons (Fsp3) is 0.521. The Labute approximate surface area is 387 Å². The van der Waals surface area contributed by atoms with Crippen molar-refractivity contribution < 1.29 is 33.4 Å². The number of hydrogen-bond donors (Lipinski definition) is 3. The minimum absolute atomic E-state index is 0.0906. The Balaban J connectivity index is 0.718. The number of amides is 4. The van der Waals surface area contributed by atoms with Crippen LogP contribution in [0, 0.1) is 0 Å². The normalized spacial score (nSPS) is 23.0. The number of likely N-dealkylation sites (tertiary alicyclic amines) is 1. The molecule has 3 N–H and O–H groups in total. The third kappa shape index (κ3) is 8.23. The molecule has 3 atom stereocenters. The molecule has 6 aliphatic rings. The maximum absolute atomic E-state index is 13.4. The Morgan fingerprint density at radius 1 is 1.00 bits per heavy atom. The van der Waals surface area contributed by atoms with Gasteiger partial charge in [0.1, 0.15) is 16.8 Å². The van der Waals surface area contributed by atoms with Crippen LogP contribution in [0.15, 0.2) is 47.4 Å². The van der Waals surface area contributed by atoms with Gasteiger partial charge in [0, 0.05) is 71.8 Å². The Kier molecular flexibility index (Phi) is 11.9.